The van der Waals surface area contributed by atoms with Crippen LogP contribution < -0.4 is 16.1 Å². The zero-order valence-electron chi connectivity index (χ0n) is 15.2. The van der Waals surface area contributed by atoms with Crippen LogP contribution in [0.25, 0.3) is 10.9 Å². The summed E-state index contributed by atoms with van der Waals surface area (Å²) in [5.41, 5.74) is 4.60. The van der Waals surface area contributed by atoms with Gasteiger partial charge in [0, 0.05) is 31.4 Å². The lowest BCUT2D eigenvalue weighted by molar-refractivity contribution is 0.0695. The van der Waals surface area contributed by atoms with Crippen molar-refractivity contribution in [3.05, 3.63) is 39.7 Å². The molecule has 0 radical (unpaired) electrons. The van der Waals surface area contributed by atoms with E-state index in [1.807, 2.05) is 0 Å². The summed E-state index contributed by atoms with van der Waals surface area (Å²) < 4.78 is 32.1. The number of hydrogen-bond acceptors (Lipinski definition) is 4. The van der Waals surface area contributed by atoms with E-state index >= 15 is 4.39 Å². The van der Waals surface area contributed by atoms with Crippen molar-refractivity contribution in [1.82, 2.24) is 4.57 Å². The minimum Gasteiger partial charge on any atom is -0.477 e. The van der Waals surface area contributed by atoms with Gasteiger partial charge in [-0.15, -0.1) is 0 Å². The van der Waals surface area contributed by atoms with E-state index in [2.05, 4.69) is 0 Å². The highest BCUT2D eigenvalue weighted by Gasteiger charge is 2.43. The molecule has 1 saturated heterocycles. The van der Waals surface area contributed by atoms with Crippen molar-refractivity contribution in [1.29, 1.82) is 0 Å². The Labute approximate surface area is 159 Å². The second-order valence-electron chi connectivity index (χ2n) is 8.29. The van der Waals surface area contributed by atoms with Gasteiger partial charge in [0.2, 0.25) is 5.43 Å². The Hall–Kier alpha value is -2.48. The molecule has 5 rings (SSSR count). The molecule has 2 saturated carbocycles. The molecule has 3 fully saturated rings. The molecule has 0 spiro atoms. The van der Waals surface area contributed by atoms with Crippen molar-refractivity contribution in [2.24, 2.45) is 17.6 Å². The van der Waals surface area contributed by atoms with E-state index in [1.54, 1.807) is 4.90 Å². The average molecular weight is 389 g/mol. The summed E-state index contributed by atoms with van der Waals surface area (Å²) in [6.45, 7) is 1.03. The van der Waals surface area contributed by atoms with Crippen molar-refractivity contribution in [2.45, 2.75) is 37.8 Å². The lowest BCUT2D eigenvalue weighted by atomic mass is 9.66. The van der Waals surface area contributed by atoms with Crippen LogP contribution in [-0.2, 0) is 0 Å². The fourth-order valence-corrected chi connectivity index (χ4v) is 4.85. The quantitative estimate of drug-likeness (QED) is 0.842. The summed E-state index contributed by atoms with van der Waals surface area (Å²) in [5, 5.41) is 9.09. The minimum absolute atomic E-state index is 0.00562. The number of carboxylic acid groups (broad SMARTS) is 1. The highest BCUT2D eigenvalue weighted by molar-refractivity contribution is 5.94. The number of anilines is 1. The van der Waals surface area contributed by atoms with Crippen molar-refractivity contribution in [2.75, 3.05) is 18.0 Å². The molecule has 0 bridgehead atoms. The number of aromatic carboxylic acids is 1. The van der Waals surface area contributed by atoms with Crippen LogP contribution in [-0.4, -0.2) is 34.8 Å². The van der Waals surface area contributed by atoms with Gasteiger partial charge in [0.25, 0.3) is 0 Å². The highest BCUT2D eigenvalue weighted by Crippen LogP contribution is 2.43. The van der Waals surface area contributed by atoms with Crippen molar-refractivity contribution in [3.63, 3.8) is 0 Å². The SMILES string of the molecule is N[C@H]1C[C@H]2CCN(c3c(F)cc4c(=O)c(C(=O)O)cn(C5CC5)c4c3F)C[C@H]21. The first-order valence-electron chi connectivity index (χ1n) is 9.67. The summed E-state index contributed by atoms with van der Waals surface area (Å²) in [5.74, 6) is -2.28. The number of carbonyl (C=O) groups is 1. The number of halogens is 2. The van der Waals surface area contributed by atoms with Gasteiger partial charge in [-0.3, -0.25) is 4.79 Å². The number of aromatic nitrogens is 1. The number of hydrogen-bond donors (Lipinski definition) is 2. The van der Waals surface area contributed by atoms with E-state index in [4.69, 9.17) is 5.73 Å². The van der Waals surface area contributed by atoms with Gasteiger partial charge < -0.3 is 20.3 Å². The molecule has 2 aromatic rings. The number of rotatable bonds is 3. The van der Waals surface area contributed by atoms with Gasteiger partial charge in [0.1, 0.15) is 17.1 Å². The predicted octanol–water partition coefficient (Wildman–Crippen LogP) is 2.49. The molecule has 0 unspecified atom stereocenters. The maximum atomic E-state index is 15.6. The van der Waals surface area contributed by atoms with Crippen LogP contribution in [0.5, 0.6) is 0 Å². The van der Waals surface area contributed by atoms with Gasteiger partial charge in [-0.05, 0) is 43.6 Å². The third-order valence-electron chi connectivity index (χ3n) is 6.60. The van der Waals surface area contributed by atoms with Gasteiger partial charge in [-0.2, -0.15) is 0 Å². The molecule has 1 aromatic heterocycles. The van der Waals surface area contributed by atoms with Crippen LogP contribution in [0.1, 0.15) is 42.1 Å². The molecule has 6 nitrogen and oxygen atoms in total. The normalized spacial score (nSPS) is 26.8. The largest absolute Gasteiger partial charge is 0.477 e. The molecule has 8 heteroatoms. The number of fused-ring (bicyclic) bond motifs is 2. The number of benzene rings is 1. The van der Waals surface area contributed by atoms with Gasteiger partial charge in [0.15, 0.2) is 5.82 Å². The molecular formula is C20H21F2N3O3. The molecule has 0 amide bonds. The Morgan fingerprint density at radius 1 is 1.25 bits per heavy atom. The second kappa shape index (κ2) is 6.01. The van der Waals surface area contributed by atoms with Gasteiger partial charge in [-0.1, -0.05) is 0 Å². The zero-order chi connectivity index (χ0) is 19.7. The van der Waals surface area contributed by atoms with Crippen molar-refractivity contribution < 1.29 is 18.7 Å². The lowest BCUT2D eigenvalue weighted by Gasteiger charge is -2.50. The standard InChI is InChI=1S/C20H21F2N3O3/c21-14-6-11-17(25(10-1-2-10)8-13(19(11)26)20(27)28)16(22)18(14)24-4-3-9-5-15(23)12(9)7-24/h6,8-10,12,15H,1-5,7,23H2,(H,27,28)/t9-,12-,15+/m1/s1. The Kier molecular flexibility index (Phi) is 3.78. The summed E-state index contributed by atoms with van der Waals surface area (Å²) in [4.78, 5) is 25.7. The number of nitrogens with zero attached hydrogens (tertiary/aromatic N) is 2. The van der Waals surface area contributed by atoms with Gasteiger partial charge in [0.05, 0.1) is 10.9 Å². The Morgan fingerprint density at radius 2 is 2.00 bits per heavy atom. The summed E-state index contributed by atoms with van der Waals surface area (Å²) >= 11 is 0. The first kappa shape index (κ1) is 17.6. The molecule has 28 heavy (non-hydrogen) atoms. The van der Waals surface area contributed by atoms with Crippen LogP contribution >= 0.6 is 0 Å². The number of nitrogens with two attached hydrogens (primary N) is 1. The maximum Gasteiger partial charge on any atom is 0.341 e. The van der Waals surface area contributed by atoms with Crippen LogP contribution in [0.3, 0.4) is 0 Å². The molecule has 148 valence electrons. The average Bonchev–Trinajstić information content (AvgIpc) is 3.47. The molecule has 3 aliphatic rings. The summed E-state index contributed by atoms with van der Waals surface area (Å²) in [7, 11) is 0. The summed E-state index contributed by atoms with van der Waals surface area (Å²) in [6, 6.07) is 0.982. The van der Waals surface area contributed by atoms with E-state index in [9.17, 15) is 19.1 Å². The molecule has 1 aliphatic heterocycles. The second-order valence-corrected chi connectivity index (χ2v) is 8.29. The number of pyridine rings is 1. The van der Waals surface area contributed by atoms with E-state index in [1.165, 1.54) is 10.8 Å². The van der Waals surface area contributed by atoms with Crippen molar-refractivity contribution in [3.8, 4) is 0 Å². The Bertz CT molecular complexity index is 1060. The number of piperidine rings is 1. The monoisotopic (exact) mass is 389 g/mol. The van der Waals surface area contributed by atoms with Crippen LogP contribution in [0, 0.1) is 23.5 Å². The predicted molar refractivity (Wildman–Crippen MR) is 99.8 cm³/mol. The highest BCUT2D eigenvalue weighted by atomic mass is 19.1. The van der Waals surface area contributed by atoms with E-state index in [-0.39, 0.29) is 34.6 Å². The fourth-order valence-electron chi connectivity index (χ4n) is 4.85. The van der Waals surface area contributed by atoms with E-state index < -0.39 is 28.6 Å². The van der Waals surface area contributed by atoms with E-state index in [0.717, 1.165) is 31.7 Å². The zero-order valence-corrected chi connectivity index (χ0v) is 15.2. The Balaban J connectivity index is 1.70. The third kappa shape index (κ3) is 2.47. The smallest absolute Gasteiger partial charge is 0.341 e. The molecule has 2 aliphatic carbocycles. The van der Waals surface area contributed by atoms with Crippen molar-refractivity contribution >= 4 is 22.6 Å². The van der Waals surface area contributed by atoms with Crippen LogP contribution in [0.2, 0.25) is 0 Å². The molecule has 1 aromatic carbocycles. The third-order valence-corrected chi connectivity index (χ3v) is 6.60. The summed E-state index contributed by atoms with van der Waals surface area (Å²) in [6.07, 6.45) is 4.53. The molecule has 2 heterocycles. The minimum atomic E-state index is -1.40. The van der Waals surface area contributed by atoms with Crippen LogP contribution in [0.15, 0.2) is 17.1 Å². The molecule has 3 atom stereocenters. The van der Waals surface area contributed by atoms with Gasteiger partial charge >= 0.3 is 5.97 Å². The van der Waals surface area contributed by atoms with Gasteiger partial charge in [-0.25, -0.2) is 13.6 Å². The van der Waals surface area contributed by atoms with Crippen LogP contribution in [0.4, 0.5) is 14.5 Å². The maximum absolute atomic E-state index is 15.6. The number of carboxylic acids is 1. The Morgan fingerprint density at radius 3 is 2.64 bits per heavy atom. The first-order chi connectivity index (χ1) is 13.4. The fraction of sp³-hybridized carbons (Fsp3) is 0.500. The first-order valence-corrected chi connectivity index (χ1v) is 9.67. The molecular weight excluding hydrogens is 368 g/mol. The topological polar surface area (TPSA) is 88.6 Å². The molecule has 3 N–H and O–H groups in total. The lowest BCUT2D eigenvalue weighted by Crippen LogP contribution is -2.57. The van der Waals surface area contributed by atoms with E-state index in [0.29, 0.717) is 19.0 Å².